The summed E-state index contributed by atoms with van der Waals surface area (Å²) in [6.07, 6.45) is 2.41. The number of benzene rings is 1. The molecule has 0 amide bonds. The van der Waals surface area contributed by atoms with Gasteiger partial charge in [0.1, 0.15) is 17.3 Å². The highest BCUT2D eigenvalue weighted by Gasteiger charge is 2.06. The Morgan fingerprint density at radius 1 is 1.32 bits per heavy atom. The Bertz CT molecular complexity index is 560. The Hall–Kier alpha value is -1.65. The molecule has 1 heterocycles. The van der Waals surface area contributed by atoms with E-state index < -0.39 is 5.82 Å². The van der Waals surface area contributed by atoms with Crippen LogP contribution in [0.4, 0.5) is 4.39 Å². The first-order chi connectivity index (χ1) is 9.10. The van der Waals surface area contributed by atoms with Gasteiger partial charge in [0.2, 0.25) is 0 Å². The summed E-state index contributed by atoms with van der Waals surface area (Å²) in [4.78, 5) is 4.23. The van der Waals surface area contributed by atoms with Gasteiger partial charge in [0, 0.05) is 12.1 Å². The molecule has 0 saturated carbocycles. The van der Waals surface area contributed by atoms with Crippen molar-refractivity contribution in [3.63, 3.8) is 0 Å². The number of nitrogens with zero attached hydrogens (tertiary/aromatic N) is 1. The highest BCUT2D eigenvalue weighted by Crippen LogP contribution is 2.26. The largest absolute Gasteiger partial charge is 0.456 e. The van der Waals surface area contributed by atoms with Gasteiger partial charge in [0.05, 0.1) is 16.9 Å². The van der Waals surface area contributed by atoms with Crippen molar-refractivity contribution >= 4 is 11.6 Å². The van der Waals surface area contributed by atoms with Gasteiger partial charge in [-0.1, -0.05) is 18.5 Å². The van der Waals surface area contributed by atoms with Gasteiger partial charge in [-0.3, -0.25) is 4.98 Å². The molecule has 100 valence electrons. The van der Waals surface area contributed by atoms with E-state index >= 15 is 0 Å². The van der Waals surface area contributed by atoms with Gasteiger partial charge in [-0.15, -0.1) is 0 Å². The van der Waals surface area contributed by atoms with Crippen LogP contribution < -0.4 is 10.5 Å². The summed E-state index contributed by atoms with van der Waals surface area (Å²) in [6.45, 7) is 2.00. The van der Waals surface area contributed by atoms with E-state index in [1.165, 1.54) is 18.2 Å². The standard InChI is InChI=1S/C14H14ClFN2O/c1-2-13(17)14-6-4-10(8-18-14)19-9-3-5-12(16)11(15)7-9/h3-8,13H,2,17H2,1H3/t13-/m1/s1. The van der Waals surface area contributed by atoms with E-state index in [1.54, 1.807) is 12.3 Å². The van der Waals surface area contributed by atoms with Crippen molar-refractivity contribution in [2.45, 2.75) is 19.4 Å². The van der Waals surface area contributed by atoms with Gasteiger partial charge in [-0.05, 0) is 30.7 Å². The highest BCUT2D eigenvalue weighted by atomic mass is 35.5. The maximum Gasteiger partial charge on any atom is 0.145 e. The molecule has 19 heavy (non-hydrogen) atoms. The topological polar surface area (TPSA) is 48.1 Å². The number of hydrogen-bond donors (Lipinski definition) is 1. The van der Waals surface area contributed by atoms with Crippen LogP contribution in [-0.2, 0) is 0 Å². The molecule has 1 atom stereocenters. The van der Waals surface area contributed by atoms with Crippen LogP contribution in [0.25, 0.3) is 0 Å². The third kappa shape index (κ3) is 3.43. The first kappa shape index (κ1) is 13.8. The summed E-state index contributed by atoms with van der Waals surface area (Å²) in [5.74, 6) is 0.534. The van der Waals surface area contributed by atoms with E-state index in [0.717, 1.165) is 12.1 Å². The second-order valence-electron chi connectivity index (χ2n) is 4.11. The quantitative estimate of drug-likeness (QED) is 0.918. The summed E-state index contributed by atoms with van der Waals surface area (Å²) in [7, 11) is 0. The maximum absolute atomic E-state index is 13.0. The average molecular weight is 281 g/mol. The number of rotatable bonds is 4. The lowest BCUT2D eigenvalue weighted by molar-refractivity contribution is 0.477. The van der Waals surface area contributed by atoms with Crippen molar-refractivity contribution in [1.29, 1.82) is 0 Å². The fourth-order valence-electron chi connectivity index (χ4n) is 1.56. The third-order valence-corrected chi connectivity index (χ3v) is 3.00. The lowest BCUT2D eigenvalue weighted by Crippen LogP contribution is -2.10. The number of pyridine rings is 1. The molecular formula is C14H14ClFN2O. The van der Waals surface area contributed by atoms with Crippen molar-refractivity contribution in [1.82, 2.24) is 4.98 Å². The fraction of sp³-hybridized carbons (Fsp3) is 0.214. The molecule has 0 bridgehead atoms. The minimum atomic E-state index is -0.476. The van der Waals surface area contributed by atoms with Gasteiger partial charge >= 0.3 is 0 Å². The smallest absolute Gasteiger partial charge is 0.145 e. The summed E-state index contributed by atoms with van der Waals surface area (Å²) in [5, 5.41) is 0.0232. The van der Waals surface area contributed by atoms with E-state index in [2.05, 4.69) is 4.98 Å². The van der Waals surface area contributed by atoms with Gasteiger partial charge in [-0.25, -0.2) is 4.39 Å². The van der Waals surface area contributed by atoms with Crippen molar-refractivity contribution in [3.8, 4) is 11.5 Å². The number of nitrogens with two attached hydrogens (primary N) is 1. The van der Waals surface area contributed by atoms with Gasteiger partial charge in [0.15, 0.2) is 0 Å². The van der Waals surface area contributed by atoms with Crippen LogP contribution in [0.3, 0.4) is 0 Å². The lowest BCUT2D eigenvalue weighted by atomic mass is 10.1. The molecule has 0 aliphatic rings. The molecule has 1 aromatic carbocycles. The molecule has 0 aliphatic carbocycles. The Labute approximate surface area is 116 Å². The molecule has 2 rings (SSSR count). The molecular weight excluding hydrogens is 267 g/mol. The first-order valence-electron chi connectivity index (χ1n) is 5.94. The second kappa shape index (κ2) is 5.99. The fourth-order valence-corrected chi connectivity index (χ4v) is 1.73. The van der Waals surface area contributed by atoms with E-state index in [4.69, 9.17) is 22.1 Å². The molecule has 3 nitrogen and oxygen atoms in total. The zero-order valence-corrected chi connectivity index (χ0v) is 11.2. The third-order valence-electron chi connectivity index (χ3n) is 2.71. The molecule has 0 spiro atoms. The van der Waals surface area contributed by atoms with Crippen molar-refractivity contribution in [2.75, 3.05) is 0 Å². The molecule has 5 heteroatoms. The molecule has 0 saturated heterocycles. The zero-order valence-electron chi connectivity index (χ0n) is 10.4. The van der Waals surface area contributed by atoms with Crippen LogP contribution in [0.5, 0.6) is 11.5 Å². The number of halogens is 2. The molecule has 0 aliphatic heterocycles. The van der Waals surface area contributed by atoms with E-state index in [1.807, 2.05) is 13.0 Å². The predicted octanol–water partition coefficient (Wildman–Crippen LogP) is 4.08. The predicted molar refractivity (Wildman–Crippen MR) is 72.9 cm³/mol. The Morgan fingerprint density at radius 2 is 2.05 bits per heavy atom. The van der Waals surface area contributed by atoms with Crippen LogP contribution in [0.1, 0.15) is 25.1 Å². The number of ether oxygens (including phenoxy) is 1. The normalized spacial score (nSPS) is 12.2. The monoisotopic (exact) mass is 280 g/mol. The maximum atomic E-state index is 13.0. The van der Waals surface area contributed by atoms with Crippen LogP contribution in [0, 0.1) is 5.82 Å². The Morgan fingerprint density at radius 3 is 2.63 bits per heavy atom. The minimum Gasteiger partial charge on any atom is -0.456 e. The molecule has 1 aromatic heterocycles. The van der Waals surface area contributed by atoms with Crippen molar-refractivity contribution in [2.24, 2.45) is 5.73 Å². The van der Waals surface area contributed by atoms with E-state index in [0.29, 0.717) is 11.5 Å². The Balaban J connectivity index is 2.12. The first-order valence-corrected chi connectivity index (χ1v) is 6.32. The summed E-state index contributed by atoms with van der Waals surface area (Å²) >= 11 is 5.68. The van der Waals surface area contributed by atoms with Gasteiger partial charge < -0.3 is 10.5 Å². The van der Waals surface area contributed by atoms with Crippen molar-refractivity contribution < 1.29 is 9.13 Å². The highest BCUT2D eigenvalue weighted by molar-refractivity contribution is 6.30. The average Bonchev–Trinajstić information content (AvgIpc) is 2.43. The van der Waals surface area contributed by atoms with Crippen molar-refractivity contribution in [3.05, 3.63) is 53.1 Å². The van der Waals surface area contributed by atoms with E-state index in [9.17, 15) is 4.39 Å². The van der Waals surface area contributed by atoms with E-state index in [-0.39, 0.29) is 11.1 Å². The zero-order chi connectivity index (χ0) is 13.8. The molecule has 2 aromatic rings. The Kier molecular flexibility index (Phi) is 4.35. The second-order valence-corrected chi connectivity index (χ2v) is 4.52. The van der Waals surface area contributed by atoms with Crippen LogP contribution in [-0.4, -0.2) is 4.98 Å². The van der Waals surface area contributed by atoms with Gasteiger partial charge in [0.25, 0.3) is 0 Å². The molecule has 0 fully saturated rings. The summed E-state index contributed by atoms with van der Waals surface area (Å²) in [6, 6.07) is 7.69. The molecule has 2 N–H and O–H groups in total. The van der Waals surface area contributed by atoms with Crippen LogP contribution in [0.15, 0.2) is 36.5 Å². The number of aromatic nitrogens is 1. The number of hydrogen-bond acceptors (Lipinski definition) is 3. The van der Waals surface area contributed by atoms with Crippen LogP contribution in [0.2, 0.25) is 5.02 Å². The minimum absolute atomic E-state index is 0.0232. The SMILES string of the molecule is CC[C@@H](N)c1ccc(Oc2ccc(F)c(Cl)c2)cn1. The lowest BCUT2D eigenvalue weighted by Gasteiger charge is -2.10. The molecule has 0 unspecified atom stereocenters. The summed E-state index contributed by atoms with van der Waals surface area (Å²) < 4.78 is 18.5. The van der Waals surface area contributed by atoms with Crippen LogP contribution >= 0.6 is 11.6 Å². The molecule has 0 radical (unpaired) electrons. The summed E-state index contributed by atoms with van der Waals surface area (Å²) in [5.41, 5.74) is 6.68. The van der Waals surface area contributed by atoms with Gasteiger partial charge in [-0.2, -0.15) is 0 Å².